The van der Waals surface area contributed by atoms with Gasteiger partial charge < -0.3 is 15.1 Å². The van der Waals surface area contributed by atoms with E-state index in [1.807, 2.05) is 36.4 Å². The Morgan fingerprint density at radius 3 is 2.83 bits per heavy atom. The number of benzene rings is 1. The van der Waals surface area contributed by atoms with Crippen molar-refractivity contribution in [2.24, 2.45) is 0 Å². The van der Waals surface area contributed by atoms with Crippen LogP contribution in [0, 0.1) is 0 Å². The van der Waals surface area contributed by atoms with Crippen molar-refractivity contribution in [1.29, 1.82) is 0 Å². The lowest BCUT2D eigenvalue weighted by Gasteiger charge is -2.08. The number of aromatic nitrogens is 1. The molecule has 23 heavy (non-hydrogen) atoms. The standard InChI is InChI=1S/C17H14BrN3O2/c18-13-6-7-16(20-11-13)19-10-12-3-1-4-14(9-12)21-17(22)15-5-2-8-23-15/h1-9,11H,10H2,(H,19,20)(H,21,22). The maximum absolute atomic E-state index is 12.0. The zero-order valence-corrected chi connectivity index (χ0v) is 13.7. The minimum absolute atomic E-state index is 0.269. The van der Waals surface area contributed by atoms with E-state index in [1.165, 1.54) is 6.26 Å². The van der Waals surface area contributed by atoms with Crippen LogP contribution in [-0.2, 0) is 6.54 Å². The van der Waals surface area contributed by atoms with E-state index in [1.54, 1.807) is 18.3 Å². The van der Waals surface area contributed by atoms with Gasteiger partial charge in [-0.05, 0) is 57.9 Å². The normalized spacial score (nSPS) is 10.3. The average Bonchev–Trinajstić information content (AvgIpc) is 3.09. The maximum Gasteiger partial charge on any atom is 0.291 e. The van der Waals surface area contributed by atoms with Gasteiger partial charge in [-0.25, -0.2) is 4.98 Å². The summed E-state index contributed by atoms with van der Waals surface area (Å²) in [7, 11) is 0. The number of hydrogen-bond acceptors (Lipinski definition) is 4. The number of hydrogen-bond donors (Lipinski definition) is 2. The molecule has 2 aromatic heterocycles. The molecule has 0 aliphatic rings. The first-order valence-corrected chi connectivity index (χ1v) is 7.79. The Morgan fingerprint density at radius 1 is 1.17 bits per heavy atom. The Kier molecular flexibility index (Phi) is 4.73. The van der Waals surface area contributed by atoms with E-state index in [9.17, 15) is 4.79 Å². The number of carbonyl (C=O) groups excluding carboxylic acids is 1. The molecule has 3 rings (SSSR count). The molecule has 1 amide bonds. The molecule has 0 spiro atoms. The number of pyridine rings is 1. The van der Waals surface area contributed by atoms with Crippen molar-refractivity contribution in [3.05, 3.63) is 76.8 Å². The predicted molar refractivity (Wildman–Crippen MR) is 92.4 cm³/mol. The van der Waals surface area contributed by atoms with Crippen molar-refractivity contribution >= 4 is 33.3 Å². The predicted octanol–water partition coefficient (Wildman–Crippen LogP) is 4.30. The first-order chi connectivity index (χ1) is 11.2. The minimum Gasteiger partial charge on any atom is -0.459 e. The molecular weight excluding hydrogens is 358 g/mol. The molecule has 2 N–H and O–H groups in total. The smallest absolute Gasteiger partial charge is 0.291 e. The first-order valence-electron chi connectivity index (χ1n) is 7.00. The molecule has 0 fully saturated rings. The molecule has 2 heterocycles. The fraction of sp³-hybridized carbons (Fsp3) is 0.0588. The van der Waals surface area contributed by atoms with Gasteiger partial charge in [0.05, 0.1) is 6.26 Å². The van der Waals surface area contributed by atoms with Crippen LogP contribution in [0.4, 0.5) is 11.5 Å². The van der Waals surface area contributed by atoms with Gasteiger partial charge in [-0.3, -0.25) is 4.79 Å². The number of carbonyl (C=O) groups is 1. The van der Waals surface area contributed by atoms with E-state index >= 15 is 0 Å². The van der Waals surface area contributed by atoms with Crippen LogP contribution >= 0.6 is 15.9 Å². The lowest BCUT2D eigenvalue weighted by atomic mass is 10.2. The Morgan fingerprint density at radius 2 is 2.09 bits per heavy atom. The van der Waals surface area contributed by atoms with Gasteiger partial charge in [-0.15, -0.1) is 0 Å². The summed E-state index contributed by atoms with van der Waals surface area (Å²) in [4.78, 5) is 16.2. The molecule has 0 saturated carbocycles. The molecular formula is C17H14BrN3O2. The Hall–Kier alpha value is -2.60. The highest BCUT2D eigenvalue weighted by molar-refractivity contribution is 9.10. The Labute approximate surface area is 141 Å². The molecule has 0 unspecified atom stereocenters. The third-order valence-corrected chi connectivity index (χ3v) is 3.60. The molecule has 0 saturated heterocycles. The van der Waals surface area contributed by atoms with Crippen LogP contribution < -0.4 is 10.6 Å². The van der Waals surface area contributed by atoms with Crippen LogP contribution in [0.15, 0.2) is 69.9 Å². The van der Waals surface area contributed by atoms with Crippen LogP contribution in [0.2, 0.25) is 0 Å². The summed E-state index contributed by atoms with van der Waals surface area (Å²) in [5.41, 5.74) is 1.75. The van der Waals surface area contributed by atoms with Gasteiger partial charge in [0.25, 0.3) is 5.91 Å². The van der Waals surface area contributed by atoms with Crippen LogP contribution in [0.5, 0.6) is 0 Å². The number of nitrogens with one attached hydrogen (secondary N) is 2. The summed E-state index contributed by atoms with van der Waals surface area (Å²) in [6, 6.07) is 14.7. The third-order valence-electron chi connectivity index (χ3n) is 3.13. The largest absolute Gasteiger partial charge is 0.459 e. The lowest BCUT2D eigenvalue weighted by Crippen LogP contribution is -2.11. The fourth-order valence-electron chi connectivity index (χ4n) is 2.03. The van der Waals surface area contributed by atoms with E-state index in [0.29, 0.717) is 6.54 Å². The molecule has 6 heteroatoms. The van der Waals surface area contributed by atoms with E-state index in [-0.39, 0.29) is 11.7 Å². The van der Waals surface area contributed by atoms with E-state index in [4.69, 9.17) is 4.42 Å². The average molecular weight is 372 g/mol. The minimum atomic E-state index is -0.269. The number of amides is 1. The molecule has 0 bridgehead atoms. The quantitative estimate of drug-likeness (QED) is 0.701. The first kappa shape index (κ1) is 15.3. The van der Waals surface area contributed by atoms with Crippen molar-refractivity contribution < 1.29 is 9.21 Å². The van der Waals surface area contributed by atoms with Gasteiger partial charge in [0, 0.05) is 22.9 Å². The third kappa shape index (κ3) is 4.20. The van der Waals surface area contributed by atoms with Gasteiger partial charge >= 0.3 is 0 Å². The summed E-state index contributed by atoms with van der Waals surface area (Å²) in [6.45, 7) is 0.610. The zero-order valence-electron chi connectivity index (χ0n) is 12.1. The topological polar surface area (TPSA) is 67.2 Å². The van der Waals surface area contributed by atoms with Crippen molar-refractivity contribution in [2.75, 3.05) is 10.6 Å². The second-order valence-electron chi connectivity index (χ2n) is 4.85. The van der Waals surface area contributed by atoms with Crippen molar-refractivity contribution in [1.82, 2.24) is 4.98 Å². The molecule has 1 aromatic carbocycles. The highest BCUT2D eigenvalue weighted by atomic mass is 79.9. The number of rotatable bonds is 5. The highest BCUT2D eigenvalue weighted by Crippen LogP contribution is 2.15. The fourth-order valence-corrected chi connectivity index (χ4v) is 2.27. The summed E-state index contributed by atoms with van der Waals surface area (Å²) >= 11 is 3.35. The summed E-state index contributed by atoms with van der Waals surface area (Å²) in [5, 5.41) is 6.04. The maximum atomic E-state index is 12.0. The van der Waals surface area contributed by atoms with Gasteiger partial charge in [-0.1, -0.05) is 12.1 Å². The molecule has 5 nitrogen and oxygen atoms in total. The molecule has 0 atom stereocenters. The molecule has 3 aromatic rings. The summed E-state index contributed by atoms with van der Waals surface area (Å²) < 4.78 is 6.01. The summed E-state index contributed by atoms with van der Waals surface area (Å²) in [6.07, 6.45) is 3.21. The second kappa shape index (κ2) is 7.11. The van der Waals surface area contributed by atoms with Gasteiger partial charge in [0.15, 0.2) is 5.76 Å². The molecule has 0 radical (unpaired) electrons. The second-order valence-corrected chi connectivity index (χ2v) is 5.76. The Bertz CT molecular complexity index is 786. The molecule has 0 aliphatic carbocycles. The summed E-state index contributed by atoms with van der Waals surface area (Å²) in [5.74, 6) is 0.806. The van der Waals surface area contributed by atoms with Crippen molar-refractivity contribution in [3.63, 3.8) is 0 Å². The van der Waals surface area contributed by atoms with Crippen LogP contribution in [-0.4, -0.2) is 10.9 Å². The lowest BCUT2D eigenvalue weighted by molar-refractivity contribution is 0.0996. The zero-order chi connectivity index (χ0) is 16.1. The molecule has 0 aliphatic heterocycles. The SMILES string of the molecule is O=C(Nc1cccc(CNc2ccc(Br)cn2)c1)c1ccco1. The molecule has 116 valence electrons. The van der Waals surface area contributed by atoms with Crippen LogP contribution in [0.25, 0.3) is 0 Å². The monoisotopic (exact) mass is 371 g/mol. The van der Waals surface area contributed by atoms with Crippen LogP contribution in [0.3, 0.4) is 0 Å². The van der Waals surface area contributed by atoms with E-state index < -0.39 is 0 Å². The number of halogens is 1. The van der Waals surface area contributed by atoms with Crippen molar-refractivity contribution in [3.8, 4) is 0 Å². The van der Waals surface area contributed by atoms with Gasteiger partial charge in [0.2, 0.25) is 0 Å². The van der Waals surface area contributed by atoms with E-state index in [0.717, 1.165) is 21.5 Å². The van der Waals surface area contributed by atoms with E-state index in [2.05, 4.69) is 31.5 Å². The highest BCUT2D eigenvalue weighted by Gasteiger charge is 2.08. The van der Waals surface area contributed by atoms with Gasteiger partial charge in [0.1, 0.15) is 5.82 Å². The van der Waals surface area contributed by atoms with Crippen LogP contribution in [0.1, 0.15) is 16.1 Å². The van der Waals surface area contributed by atoms with Crippen molar-refractivity contribution in [2.45, 2.75) is 6.54 Å². The number of anilines is 2. The number of furan rings is 1. The van der Waals surface area contributed by atoms with Gasteiger partial charge in [-0.2, -0.15) is 0 Å². The Balaban J connectivity index is 1.63. The number of nitrogens with zero attached hydrogens (tertiary/aromatic N) is 1.